The van der Waals surface area contributed by atoms with Gasteiger partial charge in [-0.05, 0) is 25.8 Å². The molecule has 0 aromatic carbocycles. The van der Waals surface area contributed by atoms with E-state index in [9.17, 15) is 0 Å². The van der Waals surface area contributed by atoms with Gasteiger partial charge in [0, 0.05) is 19.3 Å². The van der Waals surface area contributed by atoms with Gasteiger partial charge in [-0.15, -0.1) is 0 Å². The highest BCUT2D eigenvalue weighted by molar-refractivity contribution is 5.77. The molecule has 0 radical (unpaired) electrons. The third-order valence-corrected chi connectivity index (χ3v) is 1.70. The number of hydrazone groups is 1. The minimum Gasteiger partial charge on any atom is -0.298 e. The molecule has 0 amide bonds. The fourth-order valence-corrected chi connectivity index (χ4v) is 0.936. The SMILES string of the molecule is C=C(/C=N\N(CC)CC)CCC. The number of nitrogens with zero attached hydrogens (tertiary/aromatic N) is 2. The average Bonchev–Trinajstić information content (AvgIpc) is 2.07. The summed E-state index contributed by atoms with van der Waals surface area (Å²) in [5.74, 6) is 0. The maximum absolute atomic E-state index is 4.29. The first-order valence-electron chi connectivity index (χ1n) is 4.71. The van der Waals surface area contributed by atoms with Crippen molar-refractivity contribution < 1.29 is 0 Å². The lowest BCUT2D eigenvalue weighted by Gasteiger charge is -2.13. The molecule has 2 heteroatoms. The summed E-state index contributed by atoms with van der Waals surface area (Å²) in [7, 11) is 0. The summed E-state index contributed by atoms with van der Waals surface area (Å²) in [6, 6.07) is 0. The Morgan fingerprint density at radius 1 is 1.33 bits per heavy atom. The molecule has 0 aromatic heterocycles. The second-order valence-electron chi connectivity index (χ2n) is 2.79. The van der Waals surface area contributed by atoms with Crippen LogP contribution in [-0.4, -0.2) is 24.3 Å². The van der Waals surface area contributed by atoms with E-state index in [0.29, 0.717) is 0 Å². The van der Waals surface area contributed by atoms with Crippen LogP contribution in [0.1, 0.15) is 33.6 Å². The molecular weight excluding hydrogens is 148 g/mol. The summed E-state index contributed by atoms with van der Waals surface area (Å²) < 4.78 is 0. The Labute approximate surface area is 76.0 Å². The van der Waals surface area contributed by atoms with E-state index in [1.54, 1.807) is 0 Å². The van der Waals surface area contributed by atoms with Crippen LogP contribution < -0.4 is 0 Å². The summed E-state index contributed by atoms with van der Waals surface area (Å²) in [5, 5.41) is 6.30. The van der Waals surface area contributed by atoms with Gasteiger partial charge in [0.15, 0.2) is 0 Å². The summed E-state index contributed by atoms with van der Waals surface area (Å²) in [5.41, 5.74) is 1.12. The van der Waals surface area contributed by atoms with E-state index < -0.39 is 0 Å². The number of rotatable bonds is 6. The third kappa shape index (κ3) is 4.94. The van der Waals surface area contributed by atoms with Crippen LogP contribution in [0.3, 0.4) is 0 Å². The largest absolute Gasteiger partial charge is 0.298 e. The normalized spacial score (nSPS) is 10.6. The quantitative estimate of drug-likeness (QED) is 0.440. The second kappa shape index (κ2) is 6.89. The van der Waals surface area contributed by atoms with Crippen LogP contribution in [0.15, 0.2) is 17.3 Å². The van der Waals surface area contributed by atoms with Crippen molar-refractivity contribution in [1.82, 2.24) is 5.01 Å². The highest BCUT2D eigenvalue weighted by Gasteiger charge is 1.91. The van der Waals surface area contributed by atoms with Gasteiger partial charge < -0.3 is 0 Å². The number of hydrogen-bond acceptors (Lipinski definition) is 2. The summed E-state index contributed by atoms with van der Waals surface area (Å²) in [6.07, 6.45) is 4.06. The molecule has 2 nitrogen and oxygen atoms in total. The van der Waals surface area contributed by atoms with E-state index in [1.807, 2.05) is 11.2 Å². The fraction of sp³-hybridized carbons (Fsp3) is 0.700. The van der Waals surface area contributed by atoms with Crippen molar-refractivity contribution in [3.8, 4) is 0 Å². The van der Waals surface area contributed by atoms with Crippen molar-refractivity contribution in [2.24, 2.45) is 5.10 Å². The van der Waals surface area contributed by atoms with Gasteiger partial charge in [-0.3, -0.25) is 5.01 Å². The zero-order valence-corrected chi connectivity index (χ0v) is 8.51. The molecule has 0 aromatic rings. The van der Waals surface area contributed by atoms with Crippen molar-refractivity contribution in [2.75, 3.05) is 13.1 Å². The van der Waals surface area contributed by atoms with E-state index in [0.717, 1.165) is 31.5 Å². The summed E-state index contributed by atoms with van der Waals surface area (Å²) in [4.78, 5) is 0. The van der Waals surface area contributed by atoms with E-state index in [-0.39, 0.29) is 0 Å². The molecule has 0 saturated heterocycles. The predicted octanol–water partition coefficient (Wildman–Crippen LogP) is 2.67. The van der Waals surface area contributed by atoms with Gasteiger partial charge in [0.1, 0.15) is 0 Å². The molecule has 0 fully saturated rings. The maximum Gasteiger partial charge on any atom is 0.0496 e. The van der Waals surface area contributed by atoms with Gasteiger partial charge in [-0.2, -0.15) is 5.10 Å². The Morgan fingerprint density at radius 3 is 2.33 bits per heavy atom. The molecule has 0 aliphatic carbocycles. The van der Waals surface area contributed by atoms with Crippen molar-refractivity contribution in [2.45, 2.75) is 33.6 Å². The van der Waals surface area contributed by atoms with Crippen molar-refractivity contribution in [1.29, 1.82) is 0 Å². The Balaban J connectivity index is 3.78. The molecule has 0 saturated carbocycles. The lowest BCUT2D eigenvalue weighted by Crippen LogP contribution is -2.15. The molecule has 12 heavy (non-hydrogen) atoms. The Bertz CT molecular complexity index is 146. The molecule has 0 bridgehead atoms. The number of allylic oxidation sites excluding steroid dienone is 1. The molecule has 70 valence electrons. The van der Waals surface area contributed by atoms with E-state index in [1.165, 1.54) is 0 Å². The van der Waals surface area contributed by atoms with Gasteiger partial charge in [0.2, 0.25) is 0 Å². The molecule has 0 aliphatic rings. The smallest absolute Gasteiger partial charge is 0.0496 e. The van der Waals surface area contributed by atoms with Crippen molar-refractivity contribution >= 4 is 6.21 Å². The van der Waals surface area contributed by atoms with Gasteiger partial charge in [-0.25, -0.2) is 0 Å². The minimum atomic E-state index is 0.965. The van der Waals surface area contributed by atoms with Crippen LogP contribution >= 0.6 is 0 Å². The highest BCUT2D eigenvalue weighted by atomic mass is 15.4. The summed E-state index contributed by atoms with van der Waals surface area (Å²) >= 11 is 0. The Hall–Kier alpha value is -0.790. The van der Waals surface area contributed by atoms with E-state index in [2.05, 4.69) is 32.5 Å². The highest BCUT2D eigenvalue weighted by Crippen LogP contribution is 1.98. The van der Waals surface area contributed by atoms with E-state index >= 15 is 0 Å². The lowest BCUT2D eigenvalue weighted by atomic mass is 10.2. The summed E-state index contributed by atoms with van der Waals surface area (Å²) in [6.45, 7) is 12.2. The molecule has 0 spiro atoms. The average molecular weight is 168 g/mol. The van der Waals surface area contributed by atoms with Gasteiger partial charge in [0.25, 0.3) is 0 Å². The molecule has 0 rings (SSSR count). The van der Waals surface area contributed by atoms with Crippen LogP contribution in [0, 0.1) is 0 Å². The topological polar surface area (TPSA) is 15.6 Å². The first kappa shape index (κ1) is 11.2. The molecule has 0 atom stereocenters. The first-order chi connectivity index (χ1) is 5.74. The van der Waals surface area contributed by atoms with Crippen LogP contribution in [-0.2, 0) is 0 Å². The van der Waals surface area contributed by atoms with Crippen LogP contribution in [0.25, 0.3) is 0 Å². The van der Waals surface area contributed by atoms with E-state index in [4.69, 9.17) is 0 Å². The zero-order valence-electron chi connectivity index (χ0n) is 8.51. The molecular formula is C10H20N2. The van der Waals surface area contributed by atoms with Crippen LogP contribution in [0.4, 0.5) is 0 Å². The Morgan fingerprint density at radius 2 is 1.92 bits per heavy atom. The fourth-order valence-electron chi connectivity index (χ4n) is 0.936. The maximum atomic E-state index is 4.29. The standard InChI is InChI=1S/C10H20N2/c1-5-8-10(4)9-11-12(6-2)7-3/h9H,4-8H2,1-3H3/b11-9-. The lowest BCUT2D eigenvalue weighted by molar-refractivity contribution is 0.323. The first-order valence-corrected chi connectivity index (χ1v) is 4.71. The van der Waals surface area contributed by atoms with Crippen molar-refractivity contribution in [3.63, 3.8) is 0 Å². The Kier molecular flexibility index (Phi) is 6.44. The van der Waals surface area contributed by atoms with Crippen LogP contribution in [0.5, 0.6) is 0 Å². The minimum absolute atomic E-state index is 0.965. The molecule has 0 N–H and O–H groups in total. The molecule has 0 heterocycles. The van der Waals surface area contributed by atoms with Crippen LogP contribution in [0.2, 0.25) is 0 Å². The number of hydrogen-bond donors (Lipinski definition) is 0. The van der Waals surface area contributed by atoms with Crippen molar-refractivity contribution in [3.05, 3.63) is 12.2 Å². The molecule has 0 unspecified atom stereocenters. The van der Waals surface area contributed by atoms with Gasteiger partial charge in [-0.1, -0.05) is 19.9 Å². The zero-order chi connectivity index (χ0) is 9.40. The predicted molar refractivity (Wildman–Crippen MR) is 55.5 cm³/mol. The third-order valence-electron chi connectivity index (χ3n) is 1.70. The molecule has 0 aliphatic heterocycles. The second-order valence-corrected chi connectivity index (χ2v) is 2.79. The van der Waals surface area contributed by atoms with Gasteiger partial charge in [0.05, 0.1) is 0 Å². The monoisotopic (exact) mass is 168 g/mol. The van der Waals surface area contributed by atoms with Gasteiger partial charge >= 0.3 is 0 Å².